The van der Waals surface area contributed by atoms with Gasteiger partial charge in [0.05, 0.1) is 17.0 Å². The number of benzene rings is 1. The molecule has 3 aliphatic rings. The molecule has 2 saturated heterocycles. The molecule has 0 bridgehead atoms. The molecule has 156 valence electrons. The Hall–Kier alpha value is -2.82. The Morgan fingerprint density at radius 2 is 1.97 bits per heavy atom. The molecule has 29 heavy (non-hydrogen) atoms. The van der Waals surface area contributed by atoms with E-state index < -0.39 is 45.3 Å². The number of carbonyl (C=O) groups excluding carboxylic acids is 3. The maximum absolute atomic E-state index is 13.0. The fourth-order valence-corrected chi connectivity index (χ4v) is 5.97. The van der Waals surface area contributed by atoms with Crippen molar-refractivity contribution in [3.05, 3.63) is 23.8 Å². The van der Waals surface area contributed by atoms with Crippen LogP contribution in [0.1, 0.15) is 25.8 Å². The van der Waals surface area contributed by atoms with E-state index in [-0.39, 0.29) is 24.7 Å². The van der Waals surface area contributed by atoms with Crippen LogP contribution in [0.25, 0.3) is 0 Å². The number of amides is 4. The van der Waals surface area contributed by atoms with E-state index in [0.717, 1.165) is 4.90 Å². The van der Waals surface area contributed by atoms with Crippen molar-refractivity contribution in [1.82, 2.24) is 15.5 Å². The maximum atomic E-state index is 13.0. The molecular formula is C18H21N3O7S. The highest BCUT2D eigenvalue weighted by atomic mass is 32.2. The molecule has 2 atom stereocenters. The van der Waals surface area contributed by atoms with E-state index in [4.69, 9.17) is 9.47 Å². The first-order valence-corrected chi connectivity index (χ1v) is 10.9. The lowest BCUT2D eigenvalue weighted by Gasteiger charge is -2.25. The van der Waals surface area contributed by atoms with Crippen molar-refractivity contribution < 1.29 is 32.3 Å². The van der Waals surface area contributed by atoms with E-state index in [9.17, 15) is 22.8 Å². The summed E-state index contributed by atoms with van der Waals surface area (Å²) in [6.07, 6.45) is 0.288. The summed E-state index contributed by atoms with van der Waals surface area (Å²) in [7, 11) is -3.20. The van der Waals surface area contributed by atoms with Gasteiger partial charge < -0.3 is 20.1 Å². The zero-order valence-electron chi connectivity index (χ0n) is 16.0. The van der Waals surface area contributed by atoms with E-state index in [0.29, 0.717) is 17.1 Å². The summed E-state index contributed by atoms with van der Waals surface area (Å²) in [5.41, 5.74) is -1.77. The number of nitrogens with one attached hydrogen (secondary N) is 2. The average Bonchev–Trinajstić information content (AvgIpc) is 3.26. The second kappa shape index (κ2) is 6.34. The first-order chi connectivity index (χ1) is 13.5. The number of urea groups is 1. The zero-order valence-corrected chi connectivity index (χ0v) is 16.8. The smallest absolute Gasteiger partial charge is 0.325 e. The van der Waals surface area contributed by atoms with Gasteiger partial charge in [-0.15, -0.1) is 0 Å². The van der Waals surface area contributed by atoms with Gasteiger partial charge in [0, 0.05) is 0 Å². The van der Waals surface area contributed by atoms with Crippen molar-refractivity contribution >= 4 is 27.7 Å². The van der Waals surface area contributed by atoms with Gasteiger partial charge in [-0.1, -0.05) is 6.07 Å². The molecule has 4 rings (SSSR count). The van der Waals surface area contributed by atoms with Crippen LogP contribution < -0.4 is 20.1 Å². The number of fused-ring (bicyclic) bond motifs is 1. The summed E-state index contributed by atoms with van der Waals surface area (Å²) in [6, 6.07) is 4.22. The van der Waals surface area contributed by atoms with Crippen LogP contribution in [0.3, 0.4) is 0 Å². The maximum Gasteiger partial charge on any atom is 0.325 e. The summed E-state index contributed by atoms with van der Waals surface area (Å²) in [6.45, 7) is 2.77. The van der Waals surface area contributed by atoms with Crippen molar-refractivity contribution in [2.75, 3.05) is 24.8 Å². The molecule has 2 fully saturated rings. The van der Waals surface area contributed by atoms with Crippen LogP contribution in [0.15, 0.2) is 18.2 Å². The molecule has 3 heterocycles. The highest BCUT2D eigenvalue weighted by molar-refractivity contribution is 7.91. The van der Waals surface area contributed by atoms with Crippen LogP contribution in [0.2, 0.25) is 0 Å². The topological polar surface area (TPSA) is 131 Å². The van der Waals surface area contributed by atoms with Crippen molar-refractivity contribution in [3.8, 4) is 11.5 Å². The highest BCUT2D eigenvalue weighted by Crippen LogP contribution is 2.37. The van der Waals surface area contributed by atoms with Crippen LogP contribution >= 0.6 is 0 Å². The molecule has 1 aromatic carbocycles. The van der Waals surface area contributed by atoms with Gasteiger partial charge in [0.25, 0.3) is 5.91 Å². The lowest BCUT2D eigenvalue weighted by atomic mass is 9.91. The normalized spacial score (nSPS) is 29.8. The minimum absolute atomic E-state index is 0.00487. The quantitative estimate of drug-likeness (QED) is 0.645. The number of imide groups is 1. The molecule has 3 aliphatic heterocycles. The largest absolute Gasteiger partial charge is 0.454 e. The van der Waals surface area contributed by atoms with Gasteiger partial charge >= 0.3 is 6.03 Å². The Morgan fingerprint density at radius 1 is 1.24 bits per heavy atom. The summed E-state index contributed by atoms with van der Waals surface area (Å²) in [4.78, 5) is 38.7. The average molecular weight is 423 g/mol. The Kier molecular flexibility index (Phi) is 4.26. The summed E-state index contributed by atoms with van der Waals surface area (Å²) in [5, 5.41) is 5.28. The molecule has 0 saturated carbocycles. The van der Waals surface area contributed by atoms with Gasteiger partial charge in [-0.3, -0.25) is 14.5 Å². The Labute approximate surface area is 167 Å². The first kappa shape index (κ1) is 19.5. The Bertz CT molecular complexity index is 1020. The van der Waals surface area contributed by atoms with Gasteiger partial charge in [0.2, 0.25) is 12.7 Å². The van der Waals surface area contributed by atoms with Crippen LogP contribution in [0.5, 0.6) is 11.5 Å². The SMILES string of the molecule is CC1(NC(=O)CN2C(=O)NC(C)(c3ccc4c(c3)OCO4)C2=O)CCS(=O)(=O)C1. The van der Waals surface area contributed by atoms with E-state index in [2.05, 4.69) is 10.6 Å². The van der Waals surface area contributed by atoms with Gasteiger partial charge in [-0.25, -0.2) is 13.2 Å². The number of carbonyl (C=O) groups is 3. The van der Waals surface area contributed by atoms with Gasteiger partial charge in [0.1, 0.15) is 12.1 Å². The molecule has 0 aliphatic carbocycles. The first-order valence-electron chi connectivity index (χ1n) is 9.07. The monoisotopic (exact) mass is 423 g/mol. The summed E-state index contributed by atoms with van der Waals surface area (Å²) in [5.74, 6) is -0.332. The Balaban J connectivity index is 1.49. The molecule has 0 radical (unpaired) electrons. The predicted octanol–water partition coefficient (Wildman–Crippen LogP) is -0.124. The van der Waals surface area contributed by atoms with E-state index >= 15 is 0 Å². The number of hydrogen-bond donors (Lipinski definition) is 2. The zero-order chi connectivity index (χ0) is 21.0. The van der Waals surface area contributed by atoms with Crippen LogP contribution in [0, 0.1) is 0 Å². The fraction of sp³-hybridized carbons (Fsp3) is 0.500. The molecule has 10 nitrogen and oxygen atoms in total. The van der Waals surface area contributed by atoms with E-state index in [1.54, 1.807) is 32.0 Å². The third-order valence-corrected chi connectivity index (χ3v) is 7.37. The number of sulfone groups is 1. The minimum Gasteiger partial charge on any atom is -0.454 e. The van der Waals surface area contributed by atoms with Crippen LogP contribution in [0.4, 0.5) is 4.79 Å². The molecule has 11 heteroatoms. The van der Waals surface area contributed by atoms with Crippen molar-refractivity contribution in [2.24, 2.45) is 0 Å². The molecule has 0 spiro atoms. The van der Waals surface area contributed by atoms with Crippen molar-refractivity contribution in [1.29, 1.82) is 0 Å². The molecule has 4 amide bonds. The van der Waals surface area contributed by atoms with Crippen LogP contribution in [-0.2, 0) is 25.0 Å². The summed E-state index contributed by atoms with van der Waals surface area (Å²) < 4.78 is 34.0. The number of hydrogen-bond acceptors (Lipinski definition) is 7. The molecule has 0 aromatic heterocycles. The second-order valence-electron chi connectivity index (χ2n) is 7.97. The van der Waals surface area contributed by atoms with Crippen molar-refractivity contribution in [3.63, 3.8) is 0 Å². The molecule has 1 aromatic rings. The highest BCUT2D eigenvalue weighted by Gasteiger charge is 2.50. The van der Waals surface area contributed by atoms with E-state index in [1.807, 2.05) is 0 Å². The Morgan fingerprint density at radius 3 is 2.66 bits per heavy atom. The van der Waals surface area contributed by atoms with Gasteiger partial charge in [0.15, 0.2) is 21.3 Å². The minimum atomic E-state index is -3.20. The lowest BCUT2D eigenvalue weighted by molar-refractivity contribution is -0.135. The fourth-order valence-electron chi connectivity index (χ4n) is 3.87. The number of rotatable bonds is 4. The molecule has 2 unspecified atom stereocenters. The molecular weight excluding hydrogens is 402 g/mol. The van der Waals surface area contributed by atoms with Crippen LogP contribution in [-0.4, -0.2) is 61.5 Å². The number of nitrogens with zero attached hydrogens (tertiary/aromatic N) is 1. The molecule has 2 N–H and O–H groups in total. The van der Waals surface area contributed by atoms with Gasteiger partial charge in [-0.05, 0) is 38.0 Å². The standard InChI is InChI=1S/C18H21N3O7S/c1-17(5-6-29(25,26)9-17)19-14(22)8-21-15(23)18(2,20-16(21)24)11-3-4-12-13(7-11)28-10-27-12/h3-4,7H,5-6,8-10H2,1-2H3,(H,19,22)(H,20,24). The number of ether oxygens (including phenoxy) is 2. The lowest BCUT2D eigenvalue weighted by Crippen LogP contribution is -2.51. The second-order valence-corrected chi connectivity index (χ2v) is 10.1. The van der Waals surface area contributed by atoms with Gasteiger partial charge in [-0.2, -0.15) is 0 Å². The van der Waals surface area contributed by atoms with Crippen molar-refractivity contribution in [2.45, 2.75) is 31.3 Å². The van der Waals surface area contributed by atoms with E-state index in [1.165, 1.54) is 0 Å². The predicted molar refractivity (Wildman–Crippen MR) is 100.0 cm³/mol. The summed E-state index contributed by atoms with van der Waals surface area (Å²) >= 11 is 0. The third-order valence-electron chi connectivity index (χ3n) is 5.47. The third kappa shape index (κ3) is 3.39.